The number of nitrogens with one attached hydrogen (secondary N) is 1. The second-order valence-electron chi connectivity index (χ2n) is 5.20. The number of hydrogen-bond acceptors (Lipinski definition) is 3. The molecule has 1 rings (SSSR count). The number of likely N-dealkylation sites (N-methyl/N-ethyl adjacent to an activating group) is 1. The molecule has 5 nitrogen and oxygen atoms in total. The molecule has 0 radical (unpaired) electrons. The zero-order valence-corrected chi connectivity index (χ0v) is 16.3. The number of guanidine groups is 1. The van der Waals surface area contributed by atoms with E-state index in [1.165, 1.54) is 24.3 Å². The summed E-state index contributed by atoms with van der Waals surface area (Å²) in [6, 6.07) is 5.77. The highest BCUT2D eigenvalue weighted by Gasteiger charge is 2.30. The summed E-state index contributed by atoms with van der Waals surface area (Å²) in [5.41, 5.74) is 6.29. The van der Waals surface area contributed by atoms with Crippen LogP contribution in [0, 0.1) is 0 Å². The Labute approximate surface area is 157 Å². The molecule has 1 aromatic carbocycles. The summed E-state index contributed by atoms with van der Waals surface area (Å²) in [4.78, 5) is 6.37. The summed E-state index contributed by atoms with van der Waals surface area (Å²) in [6.45, 7) is 5.56. The van der Waals surface area contributed by atoms with Crippen LogP contribution in [0.3, 0.4) is 0 Å². The van der Waals surface area contributed by atoms with Crippen molar-refractivity contribution in [2.45, 2.75) is 32.7 Å². The Kier molecular flexibility index (Phi) is 10.1. The van der Waals surface area contributed by atoms with Crippen LogP contribution < -0.4 is 15.8 Å². The van der Waals surface area contributed by atoms with Gasteiger partial charge >= 0.3 is 6.36 Å². The Hall–Kier alpha value is -1.23. The predicted molar refractivity (Wildman–Crippen MR) is 101 cm³/mol. The number of alkyl halides is 3. The maximum absolute atomic E-state index is 12.1. The average molecular weight is 460 g/mol. The zero-order valence-electron chi connectivity index (χ0n) is 13.9. The SMILES string of the molecule is CCC(C)N(C)CCN=C(N)Nc1ccc(OC(F)(F)F)cc1.I. The molecule has 0 aliphatic carbocycles. The van der Waals surface area contributed by atoms with E-state index in [9.17, 15) is 13.2 Å². The highest BCUT2D eigenvalue weighted by Crippen LogP contribution is 2.23. The minimum Gasteiger partial charge on any atom is -0.406 e. The minimum atomic E-state index is -4.70. The lowest BCUT2D eigenvalue weighted by Crippen LogP contribution is -2.31. The average Bonchev–Trinajstić information content (AvgIpc) is 2.46. The molecule has 0 amide bonds. The summed E-state index contributed by atoms with van der Waals surface area (Å²) in [5.74, 6) is -0.0687. The van der Waals surface area contributed by atoms with Gasteiger partial charge in [0, 0.05) is 18.3 Å². The fraction of sp³-hybridized carbons (Fsp3) is 0.533. The van der Waals surface area contributed by atoms with Crippen molar-refractivity contribution in [1.29, 1.82) is 0 Å². The van der Waals surface area contributed by atoms with Gasteiger partial charge in [0.1, 0.15) is 5.75 Å². The minimum absolute atomic E-state index is 0. The van der Waals surface area contributed by atoms with Gasteiger partial charge in [-0.15, -0.1) is 37.1 Å². The molecular weight excluding hydrogens is 436 g/mol. The lowest BCUT2D eigenvalue weighted by atomic mass is 10.2. The smallest absolute Gasteiger partial charge is 0.406 e. The van der Waals surface area contributed by atoms with Crippen molar-refractivity contribution in [1.82, 2.24) is 4.90 Å². The van der Waals surface area contributed by atoms with Gasteiger partial charge < -0.3 is 20.7 Å². The van der Waals surface area contributed by atoms with Crippen molar-refractivity contribution in [3.8, 4) is 5.75 Å². The van der Waals surface area contributed by atoms with E-state index in [0.717, 1.165) is 13.0 Å². The van der Waals surface area contributed by atoms with Crippen LogP contribution >= 0.6 is 24.0 Å². The van der Waals surface area contributed by atoms with E-state index >= 15 is 0 Å². The molecule has 0 fully saturated rings. The normalized spacial score (nSPS) is 13.4. The van der Waals surface area contributed by atoms with Gasteiger partial charge in [0.2, 0.25) is 0 Å². The monoisotopic (exact) mass is 460 g/mol. The van der Waals surface area contributed by atoms with Crippen molar-refractivity contribution in [2.24, 2.45) is 10.7 Å². The standard InChI is InChI=1S/C15H23F3N4O.HI/c1-4-11(2)22(3)10-9-20-14(19)21-12-5-7-13(8-6-12)23-15(16,17)18;/h5-8,11H,4,9-10H2,1-3H3,(H3,19,20,21);1H. The Morgan fingerprint density at radius 2 is 1.92 bits per heavy atom. The first-order valence-corrected chi connectivity index (χ1v) is 7.34. The van der Waals surface area contributed by atoms with Crippen LogP contribution in [-0.4, -0.2) is 43.4 Å². The number of aliphatic imine (C=N–C) groups is 1. The molecule has 9 heteroatoms. The molecule has 1 aromatic rings. The first kappa shape index (κ1) is 22.8. The summed E-state index contributed by atoms with van der Waals surface area (Å²) in [7, 11) is 2.02. The van der Waals surface area contributed by atoms with Gasteiger partial charge in [-0.25, -0.2) is 0 Å². The largest absolute Gasteiger partial charge is 0.573 e. The van der Waals surface area contributed by atoms with E-state index in [1.807, 2.05) is 7.05 Å². The molecule has 0 spiro atoms. The highest BCUT2D eigenvalue weighted by atomic mass is 127. The second kappa shape index (κ2) is 10.6. The molecule has 3 N–H and O–H groups in total. The third kappa shape index (κ3) is 9.16. The van der Waals surface area contributed by atoms with E-state index in [4.69, 9.17) is 5.73 Å². The third-order valence-electron chi connectivity index (χ3n) is 3.44. The van der Waals surface area contributed by atoms with E-state index in [0.29, 0.717) is 18.3 Å². The number of benzene rings is 1. The Bertz CT molecular complexity index is 508. The summed E-state index contributed by atoms with van der Waals surface area (Å²) >= 11 is 0. The van der Waals surface area contributed by atoms with E-state index in [-0.39, 0.29) is 35.7 Å². The molecule has 0 bridgehead atoms. The Morgan fingerprint density at radius 1 is 1.33 bits per heavy atom. The van der Waals surface area contributed by atoms with Gasteiger partial charge in [0.25, 0.3) is 0 Å². The second-order valence-corrected chi connectivity index (χ2v) is 5.20. The topological polar surface area (TPSA) is 62.9 Å². The third-order valence-corrected chi connectivity index (χ3v) is 3.44. The summed E-state index contributed by atoms with van der Waals surface area (Å²) in [6.07, 6.45) is -3.64. The number of hydrogen-bond donors (Lipinski definition) is 2. The number of anilines is 1. The van der Waals surface area contributed by atoms with Crippen LogP contribution in [0.1, 0.15) is 20.3 Å². The van der Waals surface area contributed by atoms with Crippen LogP contribution in [-0.2, 0) is 0 Å². The van der Waals surface area contributed by atoms with Gasteiger partial charge in [-0.1, -0.05) is 6.92 Å². The molecule has 24 heavy (non-hydrogen) atoms. The molecule has 0 saturated heterocycles. The van der Waals surface area contributed by atoms with Crippen molar-refractivity contribution >= 4 is 35.6 Å². The number of ether oxygens (including phenoxy) is 1. The molecule has 1 unspecified atom stereocenters. The number of nitrogens with two attached hydrogens (primary N) is 1. The first-order valence-electron chi connectivity index (χ1n) is 7.34. The summed E-state index contributed by atoms with van der Waals surface area (Å²) < 4.78 is 40.0. The molecule has 138 valence electrons. The fourth-order valence-corrected chi connectivity index (χ4v) is 1.79. The lowest BCUT2D eigenvalue weighted by Gasteiger charge is -2.22. The van der Waals surface area contributed by atoms with Gasteiger partial charge in [0.05, 0.1) is 6.54 Å². The van der Waals surface area contributed by atoms with Crippen molar-refractivity contribution in [3.05, 3.63) is 24.3 Å². The highest BCUT2D eigenvalue weighted by molar-refractivity contribution is 14.0. The molecule has 0 aromatic heterocycles. The molecular formula is C15H24F3IN4O. The van der Waals surface area contributed by atoms with Crippen molar-refractivity contribution in [3.63, 3.8) is 0 Å². The first-order chi connectivity index (χ1) is 10.7. The Morgan fingerprint density at radius 3 is 2.42 bits per heavy atom. The quantitative estimate of drug-likeness (QED) is 0.371. The van der Waals surface area contributed by atoms with Crippen LogP contribution in [0.4, 0.5) is 18.9 Å². The van der Waals surface area contributed by atoms with E-state index in [2.05, 4.69) is 33.8 Å². The van der Waals surface area contributed by atoms with Gasteiger partial charge in [0.15, 0.2) is 5.96 Å². The van der Waals surface area contributed by atoms with Crippen LogP contribution in [0.15, 0.2) is 29.3 Å². The molecule has 1 atom stereocenters. The maximum atomic E-state index is 12.1. The predicted octanol–water partition coefficient (Wildman–Crippen LogP) is 3.66. The lowest BCUT2D eigenvalue weighted by molar-refractivity contribution is -0.274. The Balaban J connectivity index is 0.00000529. The van der Waals surface area contributed by atoms with Gasteiger partial charge in [-0.2, -0.15) is 0 Å². The molecule has 0 aliphatic rings. The van der Waals surface area contributed by atoms with E-state index < -0.39 is 6.36 Å². The van der Waals surface area contributed by atoms with Gasteiger partial charge in [-0.05, 0) is 44.7 Å². The van der Waals surface area contributed by atoms with Crippen molar-refractivity contribution < 1.29 is 17.9 Å². The number of nitrogens with zero attached hydrogens (tertiary/aromatic N) is 2. The van der Waals surface area contributed by atoms with Crippen molar-refractivity contribution in [2.75, 3.05) is 25.5 Å². The molecule has 0 saturated carbocycles. The fourth-order valence-electron chi connectivity index (χ4n) is 1.79. The maximum Gasteiger partial charge on any atom is 0.573 e. The van der Waals surface area contributed by atoms with Crippen LogP contribution in [0.2, 0.25) is 0 Å². The van der Waals surface area contributed by atoms with Gasteiger partial charge in [-0.3, -0.25) is 4.99 Å². The molecule has 0 heterocycles. The van der Waals surface area contributed by atoms with Crippen LogP contribution in [0.25, 0.3) is 0 Å². The van der Waals surface area contributed by atoms with Crippen LogP contribution in [0.5, 0.6) is 5.75 Å². The zero-order chi connectivity index (χ0) is 17.5. The number of halogens is 4. The summed E-state index contributed by atoms with van der Waals surface area (Å²) in [5, 5.41) is 2.82. The number of rotatable bonds is 7. The van der Waals surface area contributed by atoms with E-state index in [1.54, 1.807) is 0 Å². The molecule has 0 aliphatic heterocycles.